The Bertz CT molecular complexity index is 977. The maximum atomic E-state index is 13.3. The fourth-order valence-electron chi connectivity index (χ4n) is 4.48. The van der Waals surface area contributed by atoms with Gasteiger partial charge in [0.05, 0.1) is 22.0 Å². The Morgan fingerprint density at radius 2 is 2.28 bits per heavy atom. The van der Waals surface area contributed by atoms with Gasteiger partial charge in [-0.25, -0.2) is 4.98 Å². The zero-order valence-electron chi connectivity index (χ0n) is 13.8. The molecule has 0 radical (unpaired) electrons. The van der Waals surface area contributed by atoms with Gasteiger partial charge in [0.25, 0.3) is 5.91 Å². The third kappa shape index (κ3) is 2.18. The Balaban J connectivity index is 1.50. The van der Waals surface area contributed by atoms with E-state index in [4.69, 9.17) is 5.73 Å². The summed E-state index contributed by atoms with van der Waals surface area (Å²) in [6.07, 6.45) is 6.22. The molecule has 25 heavy (non-hydrogen) atoms. The first-order valence-corrected chi connectivity index (χ1v) is 9.45. The molecular weight excluding hydrogens is 334 g/mol. The number of nitrogens with two attached hydrogens (primary N) is 1. The molecule has 2 aromatic heterocycles. The summed E-state index contributed by atoms with van der Waals surface area (Å²) in [5, 5.41) is 7.92. The van der Waals surface area contributed by atoms with E-state index < -0.39 is 0 Å². The summed E-state index contributed by atoms with van der Waals surface area (Å²) in [7, 11) is 0. The maximum Gasteiger partial charge on any atom is 0.255 e. The lowest BCUT2D eigenvalue weighted by atomic mass is 9.77. The van der Waals surface area contributed by atoms with Crippen molar-refractivity contribution in [2.75, 3.05) is 18.8 Å². The topological polar surface area (TPSA) is 87.9 Å². The minimum atomic E-state index is 0.0420. The molecule has 3 aromatic rings. The number of thiazole rings is 1. The summed E-state index contributed by atoms with van der Waals surface area (Å²) < 4.78 is 0.887. The Labute approximate surface area is 149 Å². The molecule has 1 aromatic carbocycles. The van der Waals surface area contributed by atoms with Crippen LogP contribution in [0.4, 0.5) is 5.13 Å². The highest BCUT2D eigenvalue weighted by Gasteiger charge is 2.44. The van der Waals surface area contributed by atoms with Crippen molar-refractivity contribution < 1.29 is 4.79 Å². The summed E-state index contributed by atoms with van der Waals surface area (Å²) in [5.74, 6) is 0.0845. The van der Waals surface area contributed by atoms with Gasteiger partial charge in [-0.15, -0.1) is 0 Å². The highest BCUT2D eigenvalue weighted by molar-refractivity contribution is 7.22. The van der Waals surface area contributed by atoms with Crippen LogP contribution in [0.2, 0.25) is 0 Å². The summed E-state index contributed by atoms with van der Waals surface area (Å²) in [4.78, 5) is 19.6. The number of aryl methyl sites for hydroxylation is 1. The van der Waals surface area contributed by atoms with Gasteiger partial charge in [-0.3, -0.25) is 9.89 Å². The van der Waals surface area contributed by atoms with Gasteiger partial charge in [-0.1, -0.05) is 17.4 Å². The van der Waals surface area contributed by atoms with Crippen molar-refractivity contribution in [2.24, 2.45) is 0 Å². The Hall–Kier alpha value is -2.41. The van der Waals surface area contributed by atoms with Crippen LogP contribution >= 0.6 is 11.3 Å². The first-order valence-electron chi connectivity index (χ1n) is 8.63. The number of hydrogen-bond acceptors (Lipinski definition) is 5. The number of anilines is 1. The highest BCUT2D eigenvalue weighted by atomic mass is 32.1. The zero-order chi connectivity index (χ0) is 17.0. The molecule has 3 heterocycles. The van der Waals surface area contributed by atoms with Crippen LogP contribution in [0.15, 0.2) is 24.4 Å². The first kappa shape index (κ1) is 14.9. The van der Waals surface area contributed by atoms with Gasteiger partial charge < -0.3 is 10.6 Å². The van der Waals surface area contributed by atoms with Crippen molar-refractivity contribution in [2.45, 2.75) is 31.1 Å². The fourth-order valence-corrected chi connectivity index (χ4v) is 5.31. The third-order valence-electron chi connectivity index (χ3n) is 5.65. The number of piperidine rings is 1. The third-order valence-corrected chi connectivity index (χ3v) is 6.58. The lowest BCUT2D eigenvalue weighted by molar-refractivity contribution is 0.0635. The molecule has 1 fully saturated rings. The van der Waals surface area contributed by atoms with Gasteiger partial charge in [0.2, 0.25) is 0 Å². The van der Waals surface area contributed by atoms with E-state index in [1.807, 2.05) is 29.3 Å². The minimum Gasteiger partial charge on any atom is -0.375 e. The molecule has 3 N–H and O–H groups in total. The van der Waals surface area contributed by atoms with Crippen LogP contribution in [-0.4, -0.2) is 39.1 Å². The molecule has 1 aliphatic carbocycles. The molecule has 1 saturated heterocycles. The number of H-pyrrole nitrogens is 1. The molecule has 1 spiro atoms. The Kier molecular flexibility index (Phi) is 3.15. The van der Waals surface area contributed by atoms with Crippen molar-refractivity contribution in [1.82, 2.24) is 20.1 Å². The van der Waals surface area contributed by atoms with Crippen LogP contribution < -0.4 is 5.73 Å². The zero-order valence-corrected chi connectivity index (χ0v) is 14.6. The molecule has 1 aliphatic heterocycles. The number of amides is 1. The number of nitrogens with one attached hydrogen (secondary N) is 1. The SMILES string of the molecule is Nc1nc2cccc(C(=O)N3CCCC4(CCc5cn[nH]c54)C3)c2s1. The van der Waals surface area contributed by atoms with E-state index in [9.17, 15) is 4.79 Å². The van der Waals surface area contributed by atoms with Crippen LogP contribution in [0.5, 0.6) is 0 Å². The molecule has 1 atom stereocenters. The van der Waals surface area contributed by atoms with Gasteiger partial charge in [-0.2, -0.15) is 5.10 Å². The van der Waals surface area contributed by atoms with E-state index in [2.05, 4.69) is 15.2 Å². The van der Waals surface area contributed by atoms with E-state index in [1.165, 1.54) is 22.6 Å². The lowest BCUT2D eigenvalue weighted by Crippen LogP contribution is -2.47. The normalized spacial score (nSPS) is 22.6. The molecule has 7 heteroatoms. The van der Waals surface area contributed by atoms with E-state index in [-0.39, 0.29) is 11.3 Å². The second-order valence-electron chi connectivity index (χ2n) is 7.09. The number of aromatic nitrogens is 3. The summed E-state index contributed by atoms with van der Waals surface area (Å²) in [5.41, 5.74) is 9.96. The largest absolute Gasteiger partial charge is 0.375 e. The van der Waals surface area contributed by atoms with Crippen LogP contribution in [0.25, 0.3) is 10.2 Å². The molecule has 6 nitrogen and oxygen atoms in total. The number of fused-ring (bicyclic) bond motifs is 3. The smallest absolute Gasteiger partial charge is 0.255 e. The quantitative estimate of drug-likeness (QED) is 0.704. The molecule has 0 bridgehead atoms. The molecule has 5 rings (SSSR count). The lowest BCUT2D eigenvalue weighted by Gasteiger charge is -2.40. The number of rotatable bonds is 1. The number of nitrogen functional groups attached to an aromatic ring is 1. The number of carbonyl (C=O) groups excluding carboxylic acids is 1. The number of nitrogens with zero attached hydrogens (tertiary/aromatic N) is 3. The fraction of sp³-hybridized carbons (Fsp3) is 0.389. The van der Waals surface area contributed by atoms with E-state index >= 15 is 0 Å². The van der Waals surface area contributed by atoms with Gasteiger partial charge in [0.15, 0.2) is 5.13 Å². The second-order valence-corrected chi connectivity index (χ2v) is 8.12. The predicted molar refractivity (Wildman–Crippen MR) is 97.8 cm³/mol. The van der Waals surface area contributed by atoms with Crippen LogP contribution in [0.1, 0.15) is 40.9 Å². The summed E-state index contributed by atoms with van der Waals surface area (Å²) in [6, 6.07) is 5.68. The van der Waals surface area contributed by atoms with E-state index in [0.29, 0.717) is 10.7 Å². The molecule has 128 valence electrons. The Morgan fingerprint density at radius 1 is 1.36 bits per heavy atom. The average molecular weight is 353 g/mol. The number of aromatic amines is 1. The van der Waals surface area contributed by atoms with Gasteiger partial charge >= 0.3 is 0 Å². The summed E-state index contributed by atoms with van der Waals surface area (Å²) in [6.45, 7) is 1.56. The molecule has 2 aliphatic rings. The van der Waals surface area contributed by atoms with Crippen LogP contribution in [0, 0.1) is 0 Å². The monoisotopic (exact) mass is 353 g/mol. The molecule has 1 unspecified atom stereocenters. The van der Waals surface area contributed by atoms with Crippen molar-refractivity contribution in [3.05, 3.63) is 41.2 Å². The number of carbonyl (C=O) groups is 1. The van der Waals surface area contributed by atoms with Gasteiger partial charge in [-0.05, 0) is 43.4 Å². The minimum absolute atomic E-state index is 0.0420. The van der Waals surface area contributed by atoms with Crippen molar-refractivity contribution >= 4 is 32.6 Å². The van der Waals surface area contributed by atoms with Crippen LogP contribution in [0.3, 0.4) is 0 Å². The van der Waals surface area contributed by atoms with Crippen molar-refractivity contribution in [3.8, 4) is 0 Å². The summed E-state index contributed by atoms with van der Waals surface area (Å²) >= 11 is 1.39. The maximum absolute atomic E-state index is 13.3. The van der Waals surface area contributed by atoms with E-state index in [1.54, 1.807) is 0 Å². The first-order chi connectivity index (χ1) is 12.2. The van der Waals surface area contributed by atoms with Crippen molar-refractivity contribution in [3.63, 3.8) is 0 Å². The standard InChI is InChI=1S/C18H19N5OS/c19-17-21-13-4-1-3-12(14(13)25-17)16(24)23-8-2-6-18(10-23)7-5-11-9-20-22-15(11)18/h1,3-4,9H,2,5-8,10H2,(H2,19,21)(H,20,22). The molecule has 1 amide bonds. The van der Waals surface area contributed by atoms with E-state index in [0.717, 1.165) is 49.0 Å². The average Bonchev–Trinajstić information content (AvgIpc) is 3.31. The second kappa shape index (κ2) is 5.29. The van der Waals surface area contributed by atoms with Gasteiger partial charge in [0.1, 0.15) is 0 Å². The number of likely N-dealkylation sites (tertiary alicyclic amines) is 1. The van der Waals surface area contributed by atoms with Gasteiger partial charge in [0, 0.05) is 24.2 Å². The number of benzene rings is 1. The predicted octanol–water partition coefficient (Wildman–Crippen LogP) is 2.72. The highest BCUT2D eigenvalue weighted by Crippen LogP contribution is 2.44. The Morgan fingerprint density at radius 3 is 3.20 bits per heavy atom. The molecule has 0 saturated carbocycles. The van der Waals surface area contributed by atoms with Crippen LogP contribution in [-0.2, 0) is 11.8 Å². The molecular formula is C18H19N5OS. The van der Waals surface area contributed by atoms with Crippen molar-refractivity contribution in [1.29, 1.82) is 0 Å². The number of hydrogen-bond donors (Lipinski definition) is 2.